The first-order chi connectivity index (χ1) is 12.4. The zero-order valence-corrected chi connectivity index (χ0v) is 14.7. The molecule has 0 bridgehead atoms. The molecule has 1 aromatic rings. The smallest absolute Gasteiger partial charge is 0.412 e. The number of amides is 2. The van der Waals surface area contributed by atoms with Crippen LogP contribution in [-0.2, 0) is 30.3 Å². The zero-order valence-electron chi connectivity index (χ0n) is 14.7. The van der Waals surface area contributed by atoms with Crippen LogP contribution in [-0.4, -0.2) is 62.2 Å². The molecule has 0 radical (unpaired) electrons. The van der Waals surface area contributed by atoms with Crippen molar-refractivity contribution in [3.8, 4) is 0 Å². The molecule has 2 amide bonds. The Morgan fingerprint density at radius 2 is 1.85 bits per heavy atom. The summed E-state index contributed by atoms with van der Waals surface area (Å²) in [5.41, 5.74) is -1.24. The largest absolute Gasteiger partial charge is 0.465 e. The summed E-state index contributed by atoms with van der Waals surface area (Å²) in [5.74, 6) is -0.934. The van der Waals surface area contributed by atoms with Crippen LogP contribution in [0.25, 0.3) is 0 Å². The summed E-state index contributed by atoms with van der Waals surface area (Å²) in [4.78, 5) is 37.7. The van der Waals surface area contributed by atoms with Crippen LogP contribution in [0.4, 0.5) is 9.59 Å². The van der Waals surface area contributed by atoms with Gasteiger partial charge < -0.3 is 23.8 Å². The minimum absolute atomic E-state index is 0.00133. The normalized spacial score (nSPS) is 16.2. The second-order valence-corrected chi connectivity index (χ2v) is 5.68. The number of morpholine rings is 1. The van der Waals surface area contributed by atoms with Gasteiger partial charge in [0.2, 0.25) is 0 Å². The standard InChI is InChI=1S/C17H22N2O7/c1-17(14(20)23-2,26-16(22)19-8-10-24-11-9-19)18-15(21)25-12-13-6-4-3-5-7-13/h3-7H,8-12H2,1-2H3,(H,18,21)/t17-/m0/s1. The van der Waals surface area contributed by atoms with Crippen LogP contribution < -0.4 is 5.32 Å². The number of carbonyl (C=O) groups is 3. The first-order valence-corrected chi connectivity index (χ1v) is 8.07. The number of hydrogen-bond acceptors (Lipinski definition) is 7. The molecule has 9 heteroatoms. The van der Waals surface area contributed by atoms with Crippen molar-refractivity contribution in [3.05, 3.63) is 35.9 Å². The second kappa shape index (κ2) is 9.04. The zero-order chi connectivity index (χ0) is 19.0. The molecule has 1 aliphatic rings. The van der Waals surface area contributed by atoms with E-state index in [1.165, 1.54) is 11.8 Å². The first-order valence-electron chi connectivity index (χ1n) is 8.07. The van der Waals surface area contributed by atoms with E-state index in [1.807, 2.05) is 6.07 Å². The number of ether oxygens (including phenoxy) is 4. The number of rotatable bonds is 5. The topological polar surface area (TPSA) is 103 Å². The lowest BCUT2D eigenvalue weighted by Gasteiger charge is -2.32. The van der Waals surface area contributed by atoms with E-state index in [2.05, 4.69) is 10.1 Å². The van der Waals surface area contributed by atoms with Gasteiger partial charge in [-0.15, -0.1) is 0 Å². The Labute approximate surface area is 151 Å². The van der Waals surface area contributed by atoms with Gasteiger partial charge in [-0.25, -0.2) is 14.4 Å². The SMILES string of the molecule is COC(=O)[C@@](C)(NC(=O)OCc1ccccc1)OC(=O)N1CCOCC1. The monoisotopic (exact) mass is 366 g/mol. The predicted octanol–water partition coefficient (Wildman–Crippen LogP) is 1.27. The van der Waals surface area contributed by atoms with Crippen molar-refractivity contribution >= 4 is 18.2 Å². The average molecular weight is 366 g/mol. The summed E-state index contributed by atoms with van der Waals surface area (Å²) in [5, 5.41) is 2.25. The van der Waals surface area contributed by atoms with Crippen molar-refractivity contribution in [1.29, 1.82) is 0 Å². The highest BCUT2D eigenvalue weighted by Crippen LogP contribution is 2.13. The maximum absolute atomic E-state index is 12.2. The summed E-state index contributed by atoms with van der Waals surface area (Å²) in [7, 11) is 1.13. The number of nitrogens with one attached hydrogen (secondary N) is 1. The summed E-state index contributed by atoms with van der Waals surface area (Å²) < 4.78 is 20.1. The van der Waals surface area contributed by atoms with Crippen molar-refractivity contribution in [3.63, 3.8) is 0 Å². The molecule has 2 rings (SSSR count). The summed E-state index contributed by atoms with van der Waals surface area (Å²) in [6.45, 7) is 2.62. The van der Waals surface area contributed by atoms with Gasteiger partial charge in [-0.1, -0.05) is 30.3 Å². The number of methoxy groups -OCH3 is 1. The Hall–Kier alpha value is -2.81. The fourth-order valence-electron chi connectivity index (χ4n) is 2.25. The number of hydrogen-bond donors (Lipinski definition) is 1. The number of nitrogens with zero attached hydrogens (tertiary/aromatic N) is 1. The molecule has 1 atom stereocenters. The third kappa shape index (κ3) is 5.35. The molecule has 1 aliphatic heterocycles. The van der Waals surface area contributed by atoms with Crippen LogP contribution in [0.2, 0.25) is 0 Å². The summed E-state index contributed by atoms with van der Waals surface area (Å²) >= 11 is 0. The van der Waals surface area contributed by atoms with Gasteiger partial charge in [0, 0.05) is 20.0 Å². The third-order valence-corrected chi connectivity index (χ3v) is 3.69. The molecule has 0 spiro atoms. The molecule has 142 valence electrons. The van der Waals surface area contributed by atoms with Crippen LogP contribution >= 0.6 is 0 Å². The molecule has 1 N–H and O–H groups in total. The third-order valence-electron chi connectivity index (χ3n) is 3.69. The first kappa shape index (κ1) is 19.5. The van der Waals surface area contributed by atoms with E-state index >= 15 is 0 Å². The van der Waals surface area contributed by atoms with Crippen LogP contribution in [0, 0.1) is 0 Å². The van der Waals surface area contributed by atoms with Crippen LogP contribution in [0.15, 0.2) is 30.3 Å². The van der Waals surface area contributed by atoms with E-state index in [0.717, 1.165) is 12.7 Å². The van der Waals surface area contributed by atoms with Gasteiger partial charge in [-0.2, -0.15) is 0 Å². The lowest BCUT2D eigenvalue weighted by atomic mass is 10.2. The Balaban J connectivity index is 1.97. The van der Waals surface area contributed by atoms with E-state index in [-0.39, 0.29) is 6.61 Å². The van der Waals surface area contributed by atoms with E-state index in [0.29, 0.717) is 26.3 Å². The lowest BCUT2D eigenvalue weighted by molar-refractivity contribution is -0.164. The molecule has 1 saturated heterocycles. The molecule has 1 heterocycles. The molecular formula is C17H22N2O7. The Kier molecular flexibility index (Phi) is 6.79. The number of alkyl carbamates (subject to hydrolysis) is 1. The number of benzene rings is 1. The minimum atomic E-state index is -2.02. The Morgan fingerprint density at radius 1 is 1.19 bits per heavy atom. The van der Waals surface area contributed by atoms with Gasteiger partial charge in [0.1, 0.15) is 6.61 Å². The van der Waals surface area contributed by atoms with E-state index in [4.69, 9.17) is 14.2 Å². The van der Waals surface area contributed by atoms with Crippen LogP contribution in [0.1, 0.15) is 12.5 Å². The molecule has 1 fully saturated rings. The Bertz CT molecular complexity index is 631. The van der Waals surface area contributed by atoms with Crippen LogP contribution in [0.3, 0.4) is 0 Å². The van der Waals surface area contributed by atoms with Crippen molar-refractivity contribution in [2.45, 2.75) is 19.3 Å². The highest BCUT2D eigenvalue weighted by Gasteiger charge is 2.42. The van der Waals surface area contributed by atoms with Gasteiger partial charge in [0.15, 0.2) is 0 Å². The number of esters is 1. The number of carbonyl (C=O) groups excluding carboxylic acids is 3. The van der Waals surface area contributed by atoms with Gasteiger partial charge in [0.25, 0.3) is 5.72 Å². The maximum atomic E-state index is 12.2. The van der Waals surface area contributed by atoms with E-state index < -0.39 is 23.9 Å². The van der Waals surface area contributed by atoms with Gasteiger partial charge in [-0.3, -0.25) is 5.32 Å². The summed E-state index contributed by atoms with van der Waals surface area (Å²) in [6, 6.07) is 9.01. The highest BCUT2D eigenvalue weighted by molar-refractivity contribution is 5.86. The molecule has 0 unspecified atom stereocenters. The quantitative estimate of drug-likeness (QED) is 0.475. The molecule has 9 nitrogen and oxygen atoms in total. The lowest BCUT2D eigenvalue weighted by Crippen LogP contribution is -2.58. The molecule has 0 aromatic heterocycles. The van der Waals surface area contributed by atoms with Crippen molar-refractivity contribution < 1.29 is 33.3 Å². The fourth-order valence-corrected chi connectivity index (χ4v) is 2.25. The Morgan fingerprint density at radius 3 is 2.46 bits per heavy atom. The predicted molar refractivity (Wildman–Crippen MR) is 89.1 cm³/mol. The molecule has 0 aliphatic carbocycles. The van der Waals surface area contributed by atoms with Crippen molar-refractivity contribution in [2.24, 2.45) is 0 Å². The maximum Gasteiger partial charge on any atom is 0.412 e. The minimum Gasteiger partial charge on any atom is -0.465 e. The van der Waals surface area contributed by atoms with Crippen molar-refractivity contribution in [2.75, 3.05) is 33.4 Å². The van der Waals surface area contributed by atoms with Gasteiger partial charge in [-0.05, 0) is 5.56 Å². The molecular weight excluding hydrogens is 344 g/mol. The highest BCUT2D eigenvalue weighted by atomic mass is 16.6. The van der Waals surface area contributed by atoms with Crippen LogP contribution in [0.5, 0.6) is 0 Å². The fraction of sp³-hybridized carbons (Fsp3) is 0.471. The van der Waals surface area contributed by atoms with E-state index in [9.17, 15) is 14.4 Å². The van der Waals surface area contributed by atoms with Crippen molar-refractivity contribution in [1.82, 2.24) is 10.2 Å². The summed E-state index contributed by atoms with van der Waals surface area (Å²) in [6.07, 6.45) is -1.68. The molecule has 0 saturated carbocycles. The van der Waals surface area contributed by atoms with E-state index in [1.54, 1.807) is 24.3 Å². The van der Waals surface area contributed by atoms with Gasteiger partial charge in [0.05, 0.1) is 20.3 Å². The second-order valence-electron chi connectivity index (χ2n) is 5.68. The molecule has 1 aromatic carbocycles. The average Bonchev–Trinajstić information content (AvgIpc) is 2.67. The molecule has 26 heavy (non-hydrogen) atoms. The van der Waals surface area contributed by atoms with Gasteiger partial charge >= 0.3 is 18.2 Å².